The van der Waals surface area contributed by atoms with Crippen LogP contribution in [0, 0.1) is 38.2 Å². The van der Waals surface area contributed by atoms with Gasteiger partial charge in [-0.25, -0.2) is 57.1 Å². The van der Waals surface area contributed by atoms with Crippen LogP contribution in [0.1, 0.15) is 174 Å². The van der Waals surface area contributed by atoms with Crippen LogP contribution in [0.5, 0.6) is 0 Å². The molecule has 6 fully saturated rings. The zero-order chi connectivity index (χ0) is 93.3. The minimum atomic E-state index is -3.39. The van der Waals surface area contributed by atoms with Crippen LogP contribution < -0.4 is 16.0 Å². The topological polar surface area (TPSA) is 415 Å². The molecule has 0 bridgehead atoms. The molecule has 0 aliphatic heterocycles. The zero-order valence-electron chi connectivity index (χ0n) is 77.7. The number of aryl methyl sites for hydroxylation is 3. The Bertz CT molecular complexity index is 5550. The Balaban J connectivity index is 0.000000163. The van der Waals surface area contributed by atoms with Crippen molar-refractivity contribution < 1.29 is 99.4 Å². The minimum Gasteiger partial charge on any atom is -0.394 e. The van der Waals surface area contributed by atoms with Crippen LogP contribution in [0.4, 0.5) is 30.6 Å². The second-order valence-corrected chi connectivity index (χ2v) is 28.6. The van der Waals surface area contributed by atoms with Crippen molar-refractivity contribution in [3.63, 3.8) is 0 Å². The summed E-state index contributed by atoms with van der Waals surface area (Å²) in [5.41, 5.74) is -3.38. The standard InChI is InChI=1S/3C24H31FN6O4S/c3*1-3-8-36-24-27-22(26-16-10-14(16)13-5-4-12(2)15(25)9-13)19-23(28-24)31(30-29-19)17-11-18(35-7-6-32)21(34)20(17)33/h3*4-5,9,14,16-18,20-21,32-34H,3,6-8,10-11H2,1-2H3,(H,26,27,28)/t3*14-,16+,17+,18-,20-,21+/m000/s1/i6D2,7D2,8D2,14D;3D2,6D2,8D2,14D;3D2,8D2,14D. The smallest absolute Gasteiger partial charge is 0.191 e. The van der Waals surface area contributed by atoms with E-state index in [-0.39, 0.29) is 105 Å². The predicted molar refractivity (Wildman–Crippen MR) is 398 cm³/mol. The lowest BCUT2D eigenvalue weighted by Crippen LogP contribution is -2.33. The molecule has 6 heterocycles. The third-order valence-electron chi connectivity index (χ3n) is 19.1. The number of anilines is 3. The van der Waals surface area contributed by atoms with Crippen molar-refractivity contribution in [2.24, 2.45) is 0 Å². The first kappa shape index (κ1) is 57.8. The molecule has 6 aliphatic rings. The molecule has 6 aliphatic carbocycles. The summed E-state index contributed by atoms with van der Waals surface area (Å²) in [5, 5.41) is 126. The highest BCUT2D eigenvalue weighted by molar-refractivity contribution is 7.99. The first-order valence-corrected chi connectivity index (χ1v) is 36.9. The van der Waals surface area contributed by atoms with Crippen molar-refractivity contribution in [2.45, 2.75) is 224 Å². The van der Waals surface area contributed by atoms with E-state index in [1.54, 1.807) is 64.1 Å². The first-order chi connectivity index (χ1) is 58.8. The molecule has 30 nitrogen and oxygen atoms in total. The molecule has 0 unspecified atom stereocenters. The van der Waals surface area contributed by atoms with Gasteiger partial charge in [0.05, 0.1) is 84.2 Å². The van der Waals surface area contributed by atoms with Gasteiger partial charge in [0.2, 0.25) is 0 Å². The third-order valence-corrected chi connectivity index (χ3v) is 21.2. The van der Waals surface area contributed by atoms with E-state index in [0.717, 1.165) is 25.6 Å². The average molecular weight is 1570 g/mol. The third kappa shape index (κ3) is 17.5. The average Bonchev–Trinajstić information content (AvgIpc) is 1.58. The van der Waals surface area contributed by atoms with E-state index in [2.05, 4.69) is 76.8 Å². The summed E-state index contributed by atoms with van der Waals surface area (Å²) in [5.74, 6) is -4.50. The van der Waals surface area contributed by atoms with Crippen LogP contribution in [0.25, 0.3) is 33.5 Å². The van der Waals surface area contributed by atoms with Crippen molar-refractivity contribution >= 4 is 86.2 Å². The number of aliphatic hydroxyl groups is 9. The number of fused-ring (bicyclic) bond motifs is 3. The fourth-order valence-electron chi connectivity index (χ4n) is 13.1. The van der Waals surface area contributed by atoms with Gasteiger partial charge in [-0.15, -0.1) is 15.3 Å². The molecule has 0 saturated heterocycles. The van der Waals surface area contributed by atoms with Gasteiger partial charge in [-0.2, -0.15) is 0 Å². The van der Waals surface area contributed by atoms with Crippen LogP contribution in [0.3, 0.4) is 0 Å². The molecular formula is C72H93F3N18O12S3. The second-order valence-electron chi connectivity index (χ2n) is 26.2. The van der Waals surface area contributed by atoms with Gasteiger partial charge in [0.1, 0.15) is 54.1 Å². The monoisotopic (exact) mass is 1570 g/mol. The van der Waals surface area contributed by atoms with E-state index in [4.69, 9.17) is 45.4 Å². The number of nitrogens with one attached hydrogen (secondary N) is 3. The molecule has 3 aromatic carbocycles. The Morgan fingerprint density at radius 3 is 1.12 bits per heavy atom. The number of rotatable bonds is 30. The number of benzene rings is 3. The molecule has 0 amide bonds. The zero-order valence-corrected chi connectivity index (χ0v) is 61.2. The molecule has 582 valence electrons. The maximum atomic E-state index is 14.3. The highest BCUT2D eigenvalue weighted by Gasteiger charge is 2.49. The molecule has 15 rings (SSSR count). The van der Waals surface area contributed by atoms with Gasteiger partial charge >= 0.3 is 0 Å². The molecule has 18 atom stereocenters. The van der Waals surface area contributed by atoms with Crippen LogP contribution in [-0.4, -0.2) is 251 Å². The number of ether oxygens (including phenoxy) is 3. The number of hydrogen-bond donors (Lipinski definition) is 12. The predicted octanol–water partition coefficient (Wildman–Crippen LogP) is 6.55. The fourth-order valence-corrected chi connectivity index (χ4v) is 14.6. The van der Waals surface area contributed by atoms with E-state index in [9.17, 15) is 54.0 Å². The number of nitrogens with zero attached hydrogens (tertiary/aromatic N) is 15. The Labute approximate surface area is 659 Å². The van der Waals surface area contributed by atoms with E-state index >= 15 is 0 Å². The number of aromatic nitrogens is 15. The molecule has 0 spiro atoms. The highest BCUT2D eigenvalue weighted by Crippen LogP contribution is 2.48. The van der Waals surface area contributed by atoms with Crippen molar-refractivity contribution in [3.8, 4) is 0 Å². The maximum Gasteiger partial charge on any atom is 0.191 e. The van der Waals surface area contributed by atoms with E-state index in [0.29, 0.717) is 76.2 Å². The van der Waals surface area contributed by atoms with Gasteiger partial charge in [0.25, 0.3) is 0 Å². The number of aliphatic hydroxyl groups excluding tert-OH is 7. The second kappa shape index (κ2) is 35.1. The first-order valence-electron chi connectivity index (χ1n) is 43.9. The minimum absolute atomic E-state index is 0.00587. The van der Waals surface area contributed by atoms with E-state index < -0.39 is 182 Å². The number of thioether (sulfide) groups is 3. The summed E-state index contributed by atoms with van der Waals surface area (Å²) in [6.45, 7) is -1.60. The van der Waals surface area contributed by atoms with Gasteiger partial charge < -0.3 is 76.1 Å². The van der Waals surface area contributed by atoms with Crippen LogP contribution >= 0.6 is 35.3 Å². The Morgan fingerprint density at radius 2 is 0.806 bits per heavy atom. The van der Waals surface area contributed by atoms with E-state index in [1.165, 1.54) is 32.2 Å². The highest BCUT2D eigenvalue weighted by atomic mass is 32.2. The summed E-state index contributed by atoms with van der Waals surface area (Å²) < 4.78 is 214. The van der Waals surface area contributed by atoms with Gasteiger partial charge in [-0.3, -0.25) is 0 Å². The lowest BCUT2D eigenvalue weighted by atomic mass is 10.1. The van der Waals surface area contributed by atoms with Crippen LogP contribution in [-0.2, 0) is 14.2 Å². The summed E-state index contributed by atoms with van der Waals surface area (Å²) >= 11 is 1.62. The largest absolute Gasteiger partial charge is 0.394 e. The lowest BCUT2D eigenvalue weighted by molar-refractivity contribution is -0.0629. The molecular weight excluding hydrogens is 1460 g/mol. The summed E-state index contributed by atoms with van der Waals surface area (Å²) in [4.78, 5) is 26.4. The van der Waals surface area contributed by atoms with Gasteiger partial charge in [0, 0.05) is 90.0 Å². The summed E-state index contributed by atoms with van der Waals surface area (Å²) in [7, 11) is 0. The van der Waals surface area contributed by atoms with Crippen molar-refractivity contribution in [1.29, 1.82) is 0 Å². The van der Waals surface area contributed by atoms with E-state index in [1.807, 2.05) is 0 Å². The molecule has 9 aromatic rings. The molecule has 0 radical (unpaired) electrons. The SMILES string of the molecule is [2H]C([2H])(C)C([2H])([2H])Sc1nc(N[C@@H]2C[C@@]2([2H])c2ccc(C)c(F)c2)c2nnn([C@@H]3C[C@H](OCCO)[C@@H](O)[C@H]3O)c2n1.[2H]C([2H])(CC)Sc1nc(N[C@@H]2C[C@@]2([2H])c2ccc(C)c(F)c2)c2nnn([C@@H]3C[C@H](OC([2H])([2H])C([2H])([2H])O)[C@@H](O)[C@H]3O)c2n1.[2H]C([2H])(O)CO[C@H]1C[C@@H](n2nnc3c(N[C@@H]4C[C@@]4([2H])c4ccc(C)c(F)c4)nc(SC([2H])([2H])C([2H])([2H])C)nc32)[C@H](O)[C@@H]1O. The number of hydrogen-bond acceptors (Lipinski definition) is 30. The Hall–Kier alpha value is -7.14. The molecule has 108 heavy (non-hydrogen) atoms. The van der Waals surface area contributed by atoms with Crippen LogP contribution in [0.15, 0.2) is 70.1 Å². The van der Waals surface area contributed by atoms with Crippen molar-refractivity contribution in [1.82, 2.24) is 74.9 Å². The molecule has 6 aromatic heterocycles. The van der Waals surface area contributed by atoms with Crippen molar-refractivity contribution in [2.75, 3.05) is 72.6 Å². The maximum absolute atomic E-state index is 14.3. The normalized spacial score (nSPS) is 33.3. The lowest BCUT2D eigenvalue weighted by Gasteiger charge is -2.17. The van der Waals surface area contributed by atoms with Crippen molar-refractivity contribution in [3.05, 3.63) is 105 Å². The Morgan fingerprint density at radius 1 is 0.463 bits per heavy atom. The Kier molecular flexibility index (Phi) is 18.8. The number of halogens is 3. The van der Waals surface area contributed by atoms with Crippen LogP contribution in [0.2, 0.25) is 0 Å². The quantitative estimate of drug-likeness (QED) is 0.0168. The molecule has 36 heteroatoms. The fraction of sp³-hybridized carbons (Fsp3) is 0.583. The molecule has 12 N–H and O–H groups in total. The van der Waals surface area contributed by atoms with Gasteiger partial charge in [-0.05, 0) is 111 Å². The van der Waals surface area contributed by atoms with Gasteiger partial charge in [-0.1, -0.05) is 108 Å². The molecule has 6 saturated carbocycles. The summed E-state index contributed by atoms with van der Waals surface area (Å²) in [6.07, 6.45) is -15.8. The summed E-state index contributed by atoms with van der Waals surface area (Å²) in [6, 6.07) is 9.37. The van der Waals surface area contributed by atoms with Gasteiger partial charge in [0.15, 0.2) is 66.4 Å².